The topological polar surface area (TPSA) is 96.6 Å². The first kappa shape index (κ1) is 19.7. The summed E-state index contributed by atoms with van der Waals surface area (Å²) in [5.41, 5.74) is 0.516. The van der Waals surface area contributed by atoms with E-state index in [1.807, 2.05) is 4.90 Å². The van der Waals surface area contributed by atoms with Gasteiger partial charge in [-0.25, -0.2) is 8.42 Å². The van der Waals surface area contributed by atoms with E-state index in [0.717, 1.165) is 44.4 Å². The number of nitrogens with zero attached hydrogens (tertiary/aromatic N) is 4. The normalized spacial score (nSPS) is 21.3. The van der Waals surface area contributed by atoms with E-state index in [-0.39, 0.29) is 16.7 Å². The van der Waals surface area contributed by atoms with Crippen LogP contribution in [-0.4, -0.2) is 59.9 Å². The molecule has 2 aliphatic heterocycles. The Bertz CT molecular complexity index is 1020. The highest BCUT2D eigenvalue weighted by atomic mass is 32.2. The van der Waals surface area contributed by atoms with E-state index >= 15 is 0 Å². The van der Waals surface area contributed by atoms with Gasteiger partial charge in [0.05, 0.1) is 4.90 Å². The van der Waals surface area contributed by atoms with Crippen molar-refractivity contribution in [2.75, 3.05) is 26.2 Å². The zero-order valence-corrected chi connectivity index (χ0v) is 17.7. The molecule has 0 atom stereocenters. The van der Waals surface area contributed by atoms with Gasteiger partial charge in [-0.2, -0.15) is 4.31 Å². The van der Waals surface area contributed by atoms with Crippen LogP contribution in [0.15, 0.2) is 33.6 Å². The highest BCUT2D eigenvalue weighted by molar-refractivity contribution is 7.89. The average Bonchev–Trinajstić information content (AvgIpc) is 3.26. The lowest BCUT2D eigenvalue weighted by molar-refractivity contribution is 0.0706. The van der Waals surface area contributed by atoms with E-state index in [0.29, 0.717) is 43.6 Å². The molecule has 8 nitrogen and oxygen atoms in total. The summed E-state index contributed by atoms with van der Waals surface area (Å²) in [4.78, 5) is 14.9. The van der Waals surface area contributed by atoms with E-state index in [2.05, 4.69) is 10.2 Å². The summed E-state index contributed by atoms with van der Waals surface area (Å²) in [6.45, 7) is 2.39. The summed E-state index contributed by atoms with van der Waals surface area (Å²) in [7, 11) is -3.46. The van der Waals surface area contributed by atoms with E-state index in [9.17, 15) is 13.2 Å². The lowest BCUT2D eigenvalue weighted by Gasteiger charge is -2.30. The quantitative estimate of drug-likeness (QED) is 0.724. The first-order valence-corrected chi connectivity index (χ1v) is 12.2. The van der Waals surface area contributed by atoms with Crippen molar-refractivity contribution in [3.05, 3.63) is 41.6 Å². The summed E-state index contributed by atoms with van der Waals surface area (Å²) < 4.78 is 32.6. The maximum absolute atomic E-state index is 12.9. The summed E-state index contributed by atoms with van der Waals surface area (Å²) in [6.07, 6.45) is 5.65. The van der Waals surface area contributed by atoms with E-state index < -0.39 is 10.0 Å². The molecule has 0 N–H and O–H groups in total. The Kier molecular flexibility index (Phi) is 5.10. The van der Waals surface area contributed by atoms with Crippen molar-refractivity contribution >= 4 is 15.9 Å². The molecule has 1 amide bonds. The minimum absolute atomic E-state index is 0.0669. The van der Waals surface area contributed by atoms with Crippen molar-refractivity contribution in [1.82, 2.24) is 19.4 Å². The molecule has 0 spiro atoms. The Balaban J connectivity index is 1.21. The van der Waals surface area contributed by atoms with Gasteiger partial charge in [-0.15, -0.1) is 10.2 Å². The number of aromatic nitrogens is 2. The van der Waals surface area contributed by atoms with Gasteiger partial charge in [0.2, 0.25) is 21.8 Å². The fourth-order valence-corrected chi connectivity index (χ4v) is 5.78. The van der Waals surface area contributed by atoms with Gasteiger partial charge in [0.15, 0.2) is 0 Å². The summed E-state index contributed by atoms with van der Waals surface area (Å²) in [6, 6.07) is 6.34. The van der Waals surface area contributed by atoms with Crippen molar-refractivity contribution in [3.8, 4) is 0 Å². The van der Waals surface area contributed by atoms with Crippen LogP contribution in [0.25, 0.3) is 0 Å². The molecule has 1 saturated carbocycles. The molecule has 2 saturated heterocycles. The minimum atomic E-state index is -3.46. The highest BCUT2D eigenvalue weighted by Gasteiger charge is 2.33. The van der Waals surface area contributed by atoms with Crippen LogP contribution in [0.5, 0.6) is 0 Å². The first-order valence-electron chi connectivity index (χ1n) is 10.7. The molecule has 3 heterocycles. The fourth-order valence-electron chi connectivity index (χ4n) is 4.27. The molecule has 9 heteroatoms. The van der Waals surface area contributed by atoms with Gasteiger partial charge < -0.3 is 9.32 Å². The second-order valence-electron chi connectivity index (χ2n) is 8.45. The maximum Gasteiger partial charge on any atom is 0.253 e. The number of likely N-dealkylation sites (tertiary alicyclic amines) is 1. The van der Waals surface area contributed by atoms with Gasteiger partial charge in [0, 0.05) is 43.6 Å². The van der Waals surface area contributed by atoms with Gasteiger partial charge in [0.25, 0.3) is 5.91 Å². The molecule has 0 radical (unpaired) electrons. The number of hydrogen-bond donors (Lipinski definition) is 0. The molecule has 0 unspecified atom stereocenters. The van der Waals surface area contributed by atoms with E-state index in [4.69, 9.17) is 4.42 Å². The van der Waals surface area contributed by atoms with Crippen molar-refractivity contribution in [2.24, 2.45) is 0 Å². The molecule has 1 aromatic heterocycles. The second kappa shape index (κ2) is 7.77. The third-order valence-corrected chi connectivity index (χ3v) is 8.23. The largest absolute Gasteiger partial charge is 0.425 e. The zero-order chi connectivity index (χ0) is 20.7. The molecule has 3 aliphatic rings. The van der Waals surface area contributed by atoms with Crippen LogP contribution >= 0.6 is 0 Å². The van der Waals surface area contributed by atoms with Crippen LogP contribution in [0.1, 0.15) is 72.5 Å². The number of hydrogen-bond acceptors (Lipinski definition) is 6. The third-order valence-electron chi connectivity index (χ3n) is 6.32. The monoisotopic (exact) mass is 430 g/mol. The number of carbonyl (C=O) groups excluding carboxylic acids is 1. The number of benzene rings is 1. The predicted molar refractivity (Wildman–Crippen MR) is 109 cm³/mol. The molecule has 1 aromatic carbocycles. The Morgan fingerprint density at radius 2 is 1.43 bits per heavy atom. The molecule has 0 bridgehead atoms. The summed E-state index contributed by atoms with van der Waals surface area (Å²) >= 11 is 0. The van der Waals surface area contributed by atoms with Crippen LogP contribution in [0.4, 0.5) is 0 Å². The Labute approximate surface area is 176 Å². The Morgan fingerprint density at radius 3 is 2.00 bits per heavy atom. The van der Waals surface area contributed by atoms with Crippen molar-refractivity contribution in [1.29, 1.82) is 0 Å². The first-order chi connectivity index (χ1) is 14.5. The standard InChI is InChI=1S/C21H26N4O4S/c26-21(17-5-7-18(8-6-17)30(27,28)25-11-1-2-12-25)24-13-9-16(10-14-24)20-23-22-19(29-20)15-3-4-15/h5-8,15-16H,1-4,9-14H2. The summed E-state index contributed by atoms with van der Waals surface area (Å²) in [5.74, 6) is 2.03. The third kappa shape index (κ3) is 3.76. The molecule has 2 aromatic rings. The lowest BCUT2D eigenvalue weighted by atomic mass is 9.96. The van der Waals surface area contributed by atoms with Gasteiger partial charge in [0.1, 0.15) is 0 Å². The molecule has 5 rings (SSSR count). The number of sulfonamides is 1. The smallest absolute Gasteiger partial charge is 0.253 e. The van der Waals surface area contributed by atoms with Crippen molar-refractivity contribution in [2.45, 2.75) is 55.3 Å². The van der Waals surface area contributed by atoms with Crippen LogP contribution in [0.3, 0.4) is 0 Å². The summed E-state index contributed by atoms with van der Waals surface area (Å²) in [5, 5.41) is 8.38. The predicted octanol–water partition coefficient (Wildman–Crippen LogP) is 2.75. The van der Waals surface area contributed by atoms with Gasteiger partial charge >= 0.3 is 0 Å². The SMILES string of the molecule is O=C(c1ccc(S(=O)(=O)N2CCCC2)cc1)N1CCC(c2nnc(C3CC3)o2)CC1. The van der Waals surface area contributed by atoms with Crippen LogP contribution in [-0.2, 0) is 10.0 Å². The fraction of sp³-hybridized carbons (Fsp3) is 0.571. The van der Waals surface area contributed by atoms with Crippen LogP contribution in [0.2, 0.25) is 0 Å². The second-order valence-corrected chi connectivity index (χ2v) is 10.4. The molecular formula is C21H26N4O4S. The lowest BCUT2D eigenvalue weighted by Crippen LogP contribution is -2.38. The molecular weight excluding hydrogens is 404 g/mol. The number of carbonyl (C=O) groups is 1. The Hall–Kier alpha value is -2.26. The highest BCUT2D eigenvalue weighted by Crippen LogP contribution is 2.40. The van der Waals surface area contributed by atoms with E-state index in [1.54, 1.807) is 24.3 Å². The minimum Gasteiger partial charge on any atom is -0.425 e. The van der Waals surface area contributed by atoms with Crippen molar-refractivity contribution in [3.63, 3.8) is 0 Å². The number of piperidine rings is 1. The molecule has 3 fully saturated rings. The maximum atomic E-state index is 12.9. The van der Waals surface area contributed by atoms with E-state index in [1.165, 1.54) is 4.31 Å². The van der Waals surface area contributed by atoms with Crippen LogP contribution < -0.4 is 0 Å². The van der Waals surface area contributed by atoms with Crippen LogP contribution in [0, 0.1) is 0 Å². The molecule has 30 heavy (non-hydrogen) atoms. The van der Waals surface area contributed by atoms with Gasteiger partial charge in [-0.05, 0) is 62.8 Å². The number of rotatable bonds is 5. The average molecular weight is 431 g/mol. The van der Waals surface area contributed by atoms with Crippen molar-refractivity contribution < 1.29 is 17.6 Å². The molecule has 160 valence electrons. The van der Waals surface area contributed by atoms with Gasteiger partial charge in [-0.1, -0.05) is 0 Å². The molecule has 1 aliphatic carbocycles. The Morgan fingerprint density at radius 1 is 0.867 bits per heavy atom. The zero-order valence-electron chi connectivity index (χ0n) is 16.9. The van der Waals surface area contributed by atoms with Gasteiger partial charge in [-0.3, -0.25) is 4.79 Å². The number of amides is 1.